The summed E-state index contributed by atoms with van der Waals surface area (Å²) < 4.78 is 5.77. The van der Waals surface area contributed by atoms with Crippen molar-refractivity contribution in [3.8, 4) is 11.5 Å². The Bertz CT molecular complexity index is 1170. The van der Waals surface area contributed by atoms with Crippen LogP contribution < -0.4 is 5.32 Å². The largest absolute Gasteiger partial charge is 0.436 e. The van der Waals surface area contributed by atoms with Crippen LogP contribution in [-0.4, -0.2) is 10.9 Å². The van der Waals surface area contributed by atoms with E-state index in [0.717, 1.165) is 5.56 Å². The van der Waals surface area contributed by atoms with Crippen molar-refractivity contribution in [2.45, 2.75) is 0 Å². The van der Waals surface area contributed by atoms with E-state index in [0.29, 0.717) is 43.3 Å². The van der Waals surface area contributed by atoms with Gasteiger partial charge in [0.05, 0.1) is 10.6 Å². The molecule has 0 bridgehead atoms. The van der Waals surface area contributed by atoms with Crippen LogP contribution in [0, 0.1) is 0 Å². The zero-order valence-electron chi connectivity index (χ0n) is 13.7. The smallest absolute Gasteiger partial charge is 0.257 e. The summed E-state index contributed by atoms with van der Waals surface area (Å²) in [7, 11) is 0. The van der Waals surface area contributed by atoms with Gasteiger partial charge in [-0.15, -0.1) is 0 Å². The number of halogens is 3. The summed E-state index contributed by atoms with van der Waals surface area (Å²) >= 11 is 18.0. The Balaban J connectivity index is 1.63. The summed E-state index contributed by atoms with van der Waals surface area (Å²) in [6.45, 7) is 0. The Morgan fingerprint density at radius 1 is 0.926 bits per heavy atom. The lowest BCUT2D eigenvalue weighted by Crippen LogP contribution is -2.12. The molecule has 0 saturated carbocycles. The lowest BCUT2D eigenvalue weighted by molar-refractivity contribution is 0.102. The monoisotopic (exact) mass is 416 g/mol. The minimum Gasteiger partial charge on any atom is -0.436 e. The molecule has 1 aromatic heterocycles. The van der Waals surface area contributed by atoms with Crippen LogP contribution in [0.2, 0.25) is 15.1 Å². The molecule has 4 aromatic rings. The molecular formula is C20H11Cl3N2O2. The number of carbonyl (C=O) groups is 1. The van der Waals surface area contributed by atoms with Gasteiger partial charge in [0, 0.05) is 21.3 Å². The third kappa shape index (κ3) is 3.78. The lowest BCUT2D eigenvalue weighted by atomic mass is 10.1. The fourth-order valence-corrected chi connectivity index (χ4v) is 3.17. The van der Waals surface area contributed by atoms with Gasteiger partial charge in [0.1, 0.15) is 5.52 Å². The number of carbonyl (C=O) groups excluding carboxylic acids is 1. The Hall–Kier alpha value is -2.53. The first kappa shape index (κ1) is 17.9. The van der Waals surface area contributed by atoms with Crippen molar-refractivity contribution in [2.75, 3.05) is 5.32 Å². The minimum atomic E-state index is -0.357. The number of amides is 1. The van der Waals surface area contributed by atoms with Gasteiger partial charge in [-0.1, -0.05) is 40.9 Å². The molecule has 134 valence electrons. The summed E-state index contributed by atoms with van der Waals surface area (Å²) in [5.74, 6) is 0.0770. The van der Waals surface area contributed by atoms with Crippen LogP contribution in [0.15, 0.2) is 65.1 Å². The fourth-order valence-electron chi connectivity index (χ4n) is 2.62. The predicted octanol–water partition coefficient (Wildman–Crippen LogP) is 6.71. The van der Waals surface area contributed by atoms with Crippen molar-refractivity contribution < 1.29 is 9.21 Å². The maximum absolute atomic E-state index is 12.5. The molecule has 0 saturated heterocycles. The topological polar surface area (TPSA) is 55.1 Å². The van der Waals surface area contributed by atoms with Crippen molar-refractivity contribution in [3.05, 3.63) is 81.3 Å². The van der Waals surface area contributed by atoms with Crippen LogP contribution >= 0.6 is 34.8 Å². The number of aromatic nitrogens is 1. The van der Waals surface area contributed by atoms with E-state index in [2.05, 4.69) is 10.3 Å². The molecule has 4 rings (SSSR count). The van der Waals surface area contributed by atoms with E-state index in [1.54, 1.807) is 48.5 Å². The third-order valence-electron chi connectivity index (χ3n) is 3.89. The molecule has 0 aliphatic rings. The van der Waals surface area contributed by atoms with E-state index in [-0.39, 0.29) is 5.91 Å². The Kier molecular flexibility index (Phi) is 4.79. The summed E-state index contributed by atoms with van der Waals surface area (Å²) in [5.41, 5.74) is 2.89. The van der Waals surface area contributed by atoms with E-state index < -0.39 is 0 Å². The van der Waals surface area contributed by atoms with Crippen molar-refractivity contribution in [1.29, 1.82) is 0 Å². The molecule has 3 aromatic carbocycles. The van der Waals surface area contributed by atoms with Gasteiger partial charge in [0.25, 0.3) is 5.91 Å². The molecule has 4 nitrogen and oxygen atoms in total. The molecule has 0 aliphatic carbocycles. The zero-order chi connectivity index (χ0) is 19.0. The molecule has 27 heavy (non-hydrogen) atoms. The second-order valence-electron chi connectivity index (χ2n) is 5.79. The van der Waals surface area contributed by atoms with E-state index in [4.69, 9.17) is 39.2 Å². The van der Waals surface area contributed by atoms with Gasteiger partial charge in [-0.25, -0.2) is 4.98 Å². The molecule has 0 spiro atoms. The molecule has 0 aliphatic heterocycles. The Morgan fingerprint density at radius 3 is 2.56 bits per heavy atom. The maximum Gasteiger partial charge on any atom is 0.257 e. The first-order valence-corrected chi connectivity index (χ1v) is 9.06. The number of rotatable bonds is 3. The summed E-state index contributed by atoms with van der Waals surface area (Å²) in [6, 6.07) is 17.1. The van der Waals surface area contributed by atoms with Gasteiger partial charge in [0.2, 0.25) is 5.89 Å². The predicted molar refractivity (Wildman–Crippen MR) is 109 cm³/mol. The van der Waals surface area contributed by atoms with Crippen molar-refractivity contribution in [3.63, 3.8) is 0 Å². The van der Waals surface area contributed by atoms with Gasteiger partial charge in [-0.3, -0.25) is 4.79 Å². The Morgan fingerprint density at radius 2 is 1.70 bits per heavy atom. The van der Waals surface area contributed by atoms with Crippen LogP contribution in [0.1, 0.15) is 10.4 Å². The molecule has 0 atom stereocenters. The van der Waals surface area contributed by atoms with Gasteiger partial charge in [-0.2, -0.15) is 0 Å². The fraction of sp³-hybridized carbons (Fsp3) is 0. The van der Waals surface area contributed by atoms with E-state index in [1.807, 2.05) is 6.07 Å². The molecule has 1 amide bonds. The van der Waals surface area contributed by atoms with Crippen LogP contribution in [0.25, 0.3) is 22.6 Å². The Labute approximate surface area is 169 Å². The van der Waals surface area contributed by atoms with E-state index in [1.165, 1.54) is 6.07 Å². The second-order valence-corrected chi connectivity index (χ2v) is 7.07. The van der Waals surface area contributed by atoms with E-state index in [9.17, 15) is 4.79 Å². The lowest BCUT2D eigenvalue weighted by Gasteiger charge is -2.08. The number of oxazole rings is 1. The highest BCUT2D eigenvalue weighted by Gasteiger charge is 2.13. The summed E-state index contributed by atoms with van der Waals surface area (Å²) in [5, 5.41) is 4.15. The number of nitrogens with zero attached hydrogens (tertiary/aromatic N) is 1. The average molecular weight is 418 g/mol. The average Bonchev–Trinajstić information content (AvgIpc) is 3.07. The normalized spacial score (nSPS) is 10.9. The minimum absolute atomic E-state index is 0.297. The first-order chi connectivity index (χ1) is 13.0. The number of nitrogens with one attached hydrogen (secondary N) is 1. The molecule has 1 heterocycles. The number of benzene rings is 3. The number of hydrogen-bond acceptors (Lipinski definition) is 3. The van der Waals surface area contributed by atoms with Crippen molar-refractivity contribution in [1.82, 2.24) is 4.98 Å². The number of hydrogen-bond donors (Lipinski definition) is 1. The number of anilines is 1. The highest BCUT2D eigenvalue weighted by Crippen LogP contribution is 2.28. The molecule has 1 N–H and O–H groups in total. The van der Waals surface area contributed by atoms with Crippen LogP contribution in [0.5, 0.6) is 0 Å². The van der Waals surface area contributed by atoms with Gasteiger partial charge >= 0.3 is 0 Å². The maximum atomic E-state index is 12.5. The van der Waals surface area contributed by atoms with Crippen LogP contribution in [0.3, 0.4) is 0 Å². The quantitative estimate of drug-likeness (QED) is 0.403. The highest BCUT2D eigenvalue weighted by atomic mass is 35.5. The summed E-state index contributed by atoms with van der Waals surface area (Å²) in [4.78, 5) is 17.0. The van der Waals surface area contributed by atoms with Gasteiger partial charge < -0.3 is 9.73 Å². The van der Waals surface area contributed by atoms with Gasteiger partial charge in [0.15, 0.2) is 5.58 Å². The molecule has 0 radical (unpaired) electrons. The molecular weight excluding hydrogens is 407 g/mol. The third-order valence-corrected chi connectivity index (χ3v) is 4.69. The highest BCUT2D eigenvalue weighted by molar-refractivity contribution is 6.36. The molecule has 0 unspecified atom stereocenters. The zero-order valence-corrected chi connectivity index (χ0v) is 15.9. The van der Waals surface area contributed by atoms with Crippen LogP contribution in [-0.2, 0) is 0 Å². The van der Waals surface area contributed by atoms with Gasteiger partial charge in [-0.05, 0) is 54.6 Å². The second kappa shape index (κ2) is 7.24. The van der Waals surface area contributed by atoms with E-state index >= 15 is 0 Å². The summed E-state index contributed by atoms with van der Waals surface area (Å²) in [6.07, 6.45) is 0. The molecule has 0 fully saturated rings. The molecule has 7 heteroatoms. The standard InChI is InChI=1S/C20H11Cl3N2O2/c21-12-4-6-16(23)15(9-12)19(26)24-14-3-1-2-11(8-14)20-25-17-10-13(22)5-7-18(17)27-20/h1-10H,(H,24,26). The van der Waals surface area contributed by atoms with Crippen molar-refractivity contribution in [2.24, 2.45) is 0 Å². The van der Waals surface area contributed by atoms with Crippen molar-refractivity contribution >= 4 is 57.5 Å². The van der Waals surface area contributed by atoms with Crippen LogP contribution in [0.4, 0.5) is 5.69 Å². The SMILES string of the molecule is O=C(Nc1cccc(-c2nc3cc(Cl)ccc3o2)c1)c1cc(Cl)ccc1Cl. The first-order valence-electron chi connectivity index (χ1n) is 7.92. The number of fused-ring (bicyclic) bond motifs is 1.